The molecule has 0 N–H and O–H groups in total. The Balaban J connectivity index is 1.42. The maximum Gasteiger partial charge on any atom is 0.274 e. The Morgan fingerprint density at radius 3 is 2.85 bits per heavy atom. The predicted octanol–water partition coefficient (Wildman–Crippen LogP) is 2.75. The lowest BCUT2D eigenvalue weighted by Crippen LogP contribution is -2.46. The number of piperidine rings is 1. The van der Waals surface area contributed by atoms with Gasteiger partial charge in [-0.3, -0.25) is 14.7 Å². The van der Waals surface area contributed by atoms with Crippen LogP contribution in [0.5, 0.6) is 5.75 Å². The van der Waals surface area contributed by atoms with E-state index in [1.807, 2.05) is 29.2 Å². The molecule has 0 unspecified atom stereocenters. The molecule has 0 atom stereocenters. The lowest BCUT2D eigenvalue weighted by molar-refractivity contribution is 0.0627. The molecule has 0 bridgehead atoms. The first-order valence-electron chi connectivity index (χ1n) is 8.77. The van der Waals surface area contributed by atoms with E-state index in [4.69, 9.17) is 16.3 Å². The molecule has 6 nitrogen and oxygen atoms in total. The molecule has 26 heavy (non-hydrogen) atoms. The fourth-order valence-corrected chi connectivity index (χ4v) is 3.31. The Morgan fingerprint density at radius 1 is 1.35 bits per heavy atom. The summed E-state index contributed by atoms with van der Waals surface area (Å²) in [4.78, 5) is 24.6. The number of benzene rings is 1. The van der Waals surface area contributed by atoms with Gasteiger partial charge in [-0.2, -0.15) is 0 Å². The van der Waals surface area contributed by atoms with Crippen LogP contribution in [0.25, 0.3) is 0 Å². The highest BCUT2D eigenvalue weighted by atomic mass is 35.5. The van der Waals surface area contributed by atoms with Crippen molar-refractivity contribution in [3.8, 4) is 5.75 Å². The van der Waals surface area contributed by atoms with Crippen molar-refractivity contribution in [2.24, 2.45) is 0 Å². The Hall–Kier alpha value is -2.18. The third-order valence-corrected chi connectivity index (χ3v) is 4.90. The number of aromatic nitrogens is 2. The van der Waals surface area contributed by atoms with Crippen LogP contribution >= 0.6 is 11.6 Å². The van der Waals surface area contributed by atoms with Crippen molar-refractivity contribution in [2.75, 3.05) is 33.3 Å². The van der Waals surface area contributed by atoms with Gasteiger partial charge >= 0.3 is 0 Å². The summed E-state index contributed by atoms with van der Waals surface area (Å²) in [6, 6.07) is 7.88. The fraction of sp³-hybridized carbons (Fsp3) is 0.421. The molecule has 0 radical (unpaired) electrons. The summed E-state index contributed by atoms with van der Waals surface area (Å²) in [6.07, 6.45) is 6.53. The summed E-state index contributed by atoms with van der Waals surface area (Å²) in [5, 5.41) is 0.677. The van der Waals surface area contributed by atoms with Crippen molar-refractivity contribution < 1.29 is 9.53 Å². The standard InChI is InChI=1S/C19H23ClN4O2/c1-23(11-12-26-17-4-2-3-15(20)13-17)16-5-9-24(10-6-16)19(25)18-14-21-7-8-22-18/h2-4,7-8,13-14,16H,5-6,9-12H2,1H3. The summed E-state index contributed by atoms with van der Waals surface area (Å²) < 4.78 is 5.76. The highest BCUT2D eigenvalue weighted by molar-refractivity contribution is 6.30. The average molecular weight is 375 g/mol. The molecule has 1 aliphatic rings. The first-order valence-corrected chi connectivity index (χ1v) is 9.15. The van der Waals surface area contributed by atoms with Gasteiger partial charge in [0.1, 0.15) is 18.1 Å². The van der Waals surface area contributed by atoms with Gasteiger partial charge in [0, 0.05) is 43.1 Å². The fourth-order valence-electron chi connectivity index (χ4n) is 3.13. The quantitative estimate of drug-likeness (QED) is 0.778. The van der Waals surface area contributed by atoms with E-state index in [1.54, 1.807) is 12.4 Å². The van der Waals surface area contributed by atoms with Crippen LogP contribution in [0, 0.1) is 0 Å². The van der Waals surface area contributed by atoms with Gasteiger partial charge < -0.3 is 9.64 Å². The molecule has 0 aliphatic carbocycles. The second-order valence-electron chi connectivity index (χ2n) is 6.40. The molecule has 2 aromatic rings. The number of ether oxygens (including phenoxy) is 1. The van der Waals surface area contributed by atoms with Gasteiger partial charge in [-0.15, -0.1) is 0 Å². The van der Waals surface area contributed by atoms with Gasteiger partial charge in [-0.25, -0.2) is 4.98 Å². The van der Waals surface area contributed by atoms with E-state index in [9.17, 15) is 4.79 Å². The normalized spacial score (nSPS) is 15.3. The van der Waals surface area contributed by atoms with Crippen LogP contribution in [-0.4, -0.2) is 65.0 Å². The summed E-state index contributed by atoms with van der Waals surface area (Å²) >= 11 is 5.96. The van der Waals surface area contributed by atoms with E-state index in [0.29, 0.717) is 23.4 Å². The Morgan fingerprint density at radius 2 is 2.15 bits per heavy atom. The molecule has 1 amide bonds. The van der Waals surface area contributed by atoms with Crippen molar-refractivity contribution in [1.82, 2.24) is 19.8 Å². The number of carbonyl (C=O) groups excluding carboxylic acids is 1. The summed E-state index contributed by atoms with van der Waals surface area (Å²) in [6.45, 7) is 2.91. The van der Waals surface area contributed by atoms with Gasteiger partial charge in [-0.05, 0) is 38.1 Å². The molecule has 138 valence electrons. The molecular formula is C19H23ClN4O2. The van der Waals surface area contributed by atoms with Crippen LogP contribution in [0.4, 0.5) is 0 Å². The predicted molar refractivity (Wildman–Crippen MR) is 101 cm³/mol. The minimum Gasteiger partial charge on any atom is -0.492 e. The Kier molecular flexibility index (Phi) is 6.41. The molecule has 1 fully saturated rings. The van der Waals surface area contributed by atoms with Gasteiger partial charge in [-0.1, -0.05) is 17.7 Å². The van der Waals surface area contributed by atoms with Crippen molar-refractivity contribution in [3.63, 3.8) is 0 Å². The number of hydrogen-bond donors (Lipinski definition) is 0. The largest absolute Gasteiger partial charge is 0.492 e. The molecule has 2 heterocycles. The zero-order valence-electron chi connectivity index (χ0n) is 14.8. The number of amides is 1. The van der Waals surface area contributed by atoms with Gasteiger partial charge in [0.2, 0.25) is 0 Å². The molecule has 0 spiro atoms. The second kappa shape index (κ2) is 8.96. The minimum absolute atomic E-state index is 0.0384. The molecule has 3 rings (SSSR count). The van der Waals surface area contributed by atoms with Gasteiger partial charge in [0.25, 0.3) is 5.91 Å². The Labute approximate surface area is 158 Å². The molecule has 7 heteroatoms. The smallest absolute Gasteiger partial charge is 0.274 e. The van der Waals surface area contributed by atoms with Crippen molar-refractivity contribution in [3.05, 3.63) is 53.6 Å². The minimum atomic E-state index is -0.0384. The van der Waals surface area contributed by atoms with Crippen LogP contribution in [0.3, 0.4) is 0 Å². The topological polar surface area (TPSA) is 58.6 Å². The monoisotopic (exact) mass is 374 g/mol. The van der Waals surface area contributed by atoms with E-state index in [0.717, 1.165) is 38.2 Å². The first-order chi connectivity index (χ1) is 12.6. The number of carbonyl (C=O) groups is 1. The van der Waals surface area contributed by atoms with Crippen molar-refractivity contribution in [2.45, 2.75) is 18.9 Å². The lowest BCUT2D eigenvalue weighted by atomic mass is 10.0. The lowest BCUT2D eigenvalue weighted by Gasteiger charge is -2.36. The highest BCUT2D eigenvalue weighted by Crippen LogP contribution is 2.19. The summed E-state index contributed by atoms with van der Waals surface area (Å²) in [5.41, 5.74) is 0.411. The van der Waals surface area contributed by atoms with Crippen LogP contribution in [0.1, 0.15) is 23.3 Å². The summed E-state index contributed by atoms with van der Waals surface area (Å²) in [7, 11) is 2.10. The number of rotatable bonds is 6. The number of nitrogens with zero attached hydrogens (tertiary/aromatic N) is 4. The molecule has 1 aromatic heterocycles. The van der Waals surface area contributed by atoms with E-state index in [-0.39, 0.29) is 5.91 Å². The second-order valence-corrected chi connectivity index (χ2v) is 6.84. The highest BCUT2D eigenvalue weighted by Gasteiger charge is 2.26. The van der Waals surface area contributed by atoms with Crippen molar-refractivity contribution in [1.29, 1.82) is 0 Å². The average Bonchev–Trinajstić information content (AvgIpc) is 2.68. The summed E-state index contributed by atoms with van der Waals surface area (Å²) in [5.74, 6) is 0.749. The third-order valence-electron chi connectivity index (χ3n) is 4.67. The number of hydrogen-bond acceptors (Lipinski definition) is 5. The molecule has 1 aliphatic heterocycles. The van der Waals surface area contributed by atoms with E-state index >= 15 is 0 Å². The molecular weight excluding hydrogens is 352 g/mol. The zero-order valence-corrected chi connectivity index (χ0v) is 15.6. The van der Waals surface area contributed by atoms with Crippen molar-refractivity contribution >= 4 is 17.5 Å². The van der Waals surface area contributed by atoms with Crippen LogP contribution in [-0.2, 0) is 0 Å². The maximum absolute atomic E-state index is 12.4. The van der Waals surface area contributed by atoms with Crippen LogP contribution < -0.4 is 4.74 Å². The van der Waals surface area contributed by atoms with Gasteiger partial charge in [0.05, 0.1) is 6.20 Å². The molecule has 1 saturated heterocycles. The van der Waals surface area contributed by atoms with E-state index < -0.39 is 0 Å². The number of halogens is 1. The first kappa shape index (κ1) is 18.6. The van der Waals surface area contributed by atoms with E-state index in [1.165, 1.54) is 6.20 Å². The van der Waals surface area contributed by atoms with Crippen LogP contribution in [0.15, 0.2) is 42.9 Å². The van der Waals surface area contributed by atoms with E-state index in [2.05, 4.69) is 21.9 Å². The Bertz CT molecular complexity index is 720. The number of likely N-dealkylation sites (tertiary alicyclic amines) is 1. The third kappa shape index (κ3) is 4.93. The SMILES string of the molecule is CN(CCOc1cccc(Cl)c1)C1CCN(C(=O)c2cnccn2)CC1. The molecule has 0 saturated carbocycles. The van der Waals surface area contributed by atoms with Gasteiger partial charge in [0.15, 0.2) is 0 Å². The molecule has 1 aromatic carbocycles. The maximum atomic E-state index is 12.4. The zero-order chi connectivity index (χ0) is 18.4. The number of likely N-dealkylation sites (N-methyl/N-ethyl adjacent to an activating group) is 1. The van der Waals surface area contributed by atoms with Crippen LogP contribution in [0.2, 0.25) is 5.02 Å².